The van der Waals surface area contributed by atoms with Gasteiger partial charge in [-0.15, -0.1) is 0 Å². The topological polar surface area (TPSA) is 41.8 Å². The number of hydrogen-bond donors (Lipinski definition) is 1. The van der Waals surface area contributed by atoms with Crippen LogP contribution in [0.4, 0.5) is 0 Å². The molecule has 0 radical (unpaired) electrons. The summed E-state index contributed by atoms with van der Waals surface area (Å²) in [5.74, 6) is 2.02. The number of fused-ring (bicyclic) bond motifs is 3. The van der Waals surface area contributed by atoms with Gasteiger partial charge in [0.15, 0.2) is 0 Å². The molecule has 3 heteroatoms. The third-order valence-corrected chi connectivity index (χ3v) is 7.14. The molecule has 3 nitrogen and oxygen atoms in total. The number of unbranched alkanes of at least 4 members (excludes halogenated alkanes) is 4. The molecule has 3 unspecified atom stereocenters. The van der Waals surface area contributed by atoms with Crippen molar-refractivity contribution < 1.29 is 9.84 Å². The highest BCUT2D eigenvalue weighted by atomic mass is 16.5. The zero-order valence-corrected chi connectivity index (χ0v) is 18.6. The number of rotatable bonds is 7. The van der Waals surface area contributed by atoms with Crippen molar-refractivity contribution in [3.8, 4) is 11.5 Å². The maximum absolute atomic E-state index is 11.1. The summed E-state index contributed by atoms with van der Waals surface area (Å²) in [6.07, 6.45) is 14.8. The van der Waals surface area contributed by atoms with Gasteiger partial charge in [0.1, 0.15) is 17.1 Å². The van der Waals surface area contributed by atoms with Crippen LogP contribution in [0.25, 0.3) is 0 Å². The average Bonchev–Trinajstić information content (AvgIpc) is 3.31. The van der Waals surface area contributed by atoms with Gasteiger partial charge in [-0.2, -0.15) is 0 Å². The van der Waals surface area contributed by atoms with E-state index in [1.807, 2.05) is 6.07 Å². The van der Waals surface area contributed by atoms with E-state index in [1.165, 1.54) is 42.4 Å². The molecule has 3 atom stereocenters. The van der Waals surface area contributed by atoms with Crippen molar-refractivity contribution in [3.05, 3.63) is 34.4 Å². The Hall–Kier alpha value is -1.77. The normalized spacial score (nSPS) is 26.8. The predicted molar refractivity (Wildman–Crippen MR) is 120 cm³/mol. The highest BCUT2D eigenvalue weighted by Gasteiger charge is 2.48. The van der Waals surface area contributed by atoms with E-state index in [0.29, 0.717) is 17.6 Å². The van der Waals surface area contributed by atoms with Gasteiger partial charge >= 0.3 is 0 Å². The zero-order chi connectivity index (χ0) is 20.6. The summed E-state index contributed by atoms with van der Waals surface area (Å²) in [7, 11) is 0. The highest BCUT2D eigenvalue weighted by molar-refractivity contribution is 5.64. The van der Waals surface area contributed by atoms with Crippen LogP contribution in [0.3, 0.4) is 0 Å². The van der Waals surface area contributed by atoms with Crippen LogP contribution in [0.15, 0.2) is 22.7 Å². The molecule has 0 aromatic heterocycles. The van der Waals surface area contributed by atoms with Crippen molar-refractivity contribution in [2.75, 3.05) is 0 Å². The molecular formula is C26H37NO2. The van der Waals surface area contributed by atoms with E-state index in [0.717, 1.165) is 43.4 Å². The fourth-order valence-corrected chi connectivity index (χ4v) is 5.68. The molecule has 0 amide bonds. The van der Waals surface area contributed by atoms with E-state index < -0.39 is 0 Å². The molecule has 29 heavy (non-hydrogen) atoms. The van der Waals surface area contributed by atoms with Crippen molar-refractivity contribution in [1.29, 1.82) is 0 Å². The average molecular weight is 396 g/mol. The number of aromatic hydroxyl groups is 1. The van der Waals surface area contributed by atoms with Crippen LogP contribution in [0.5, 0.6) is 11.5 Å². The van der Waals surface area contributed by atoms with Crippen molar-refractivity contribution in [2.45, 2.75) is 103 Å². The van der Waals surface area contributed by atoms with Crippen molar-refractivity contribution >= 4 is 6.21 Å². The molecule has 0 spiro atoms. The van der Waals surface area contributed by atoms with Gasteiger partial charge in [-0.05, 0) is 70.7 Å². The number of phenolic OH excluding ortho intramolecular Hbond substituents is 1. The molecule has 1 aliphatic carbocycles. The molecule has 1 aromatic rings. The van der Waals surface area contributed by atoms with E-state index >= 15 is 0 Å². The van der Waals surface area contributed by atoms with Gasteiger partial charge in [-0.25, -0.2) is 0 Å². The fourth-order valence-electron chi connectivity index (χ4n) is 5.68. The third-order valence-electron chi connectivity index (χ3n) is 7.14. The molecule has 0 saturated heterocycles. The summed E-state index contributed by atoms with van der Waals surface area (Å²) in [6.45, 7) is 8.87. The number of nitrogens with zero attached hydrogens (tertiary/aromatic N) is 1. The first-order valence-electron chi connectivity index (χ1n) is 11.7. The fraction of sp³-hybridized carbons (Fsp3) is 0.654. The Balaban J connectivity index is 1.73. The predicted octanol–water partition coefficient (Wildman–Crippen LogP) is 7.03. The Bertz CT molecular complexity index is 820. The number of benzene rings is 1. The molecule has 1 aromatic carbocycles. The molecular weight excluding hydrogens is 358 g/mol. The minimum atomic E-state index is -0.265. The molecule has 4 rings (SSSR count). The molecule has 0 saturated carbocycles. The summed E-state index contributed by atoms with van der Waals surface area (Å²) >= 11 is 0. The Labute approximate surface area is 176 Å². The minimum Gasteiger partial charge on any atom is -0.508 e. The van der Waals surface area contributed by atoms with Crippen LogP contribution in [0.1, 0.15) is 108 Å². The molecule has 158 valence electrons. The summed E-state index contributed by atoms with van der Waals surface area (Å²) in [4.78, 5) is 4.81. The van der Waals surface area contributed by atoms with E-state index in [2.05, 4.69) is 40.0 Å². The van der Waals surface area contributed by atoms with Crippen LogP contribution in [-0.4, -0.2) is 16.9 Å². The highest BCUT2D eigenvalue weighted by Crippen LogP contribution is 2.57. The van der Waals surface area contributed by atoms with Crippen molar-refractivity contribution in [3.63, 3.8) is 0 Å². The Morgan fingerprint density at radius 2 is 1.97 bits per heavy atom. The molecule has 2 heterocycles. The first kappa shape index (κ1) is 20.5. The number of phenols is 1. The van der Waals surface area contributed by atoms with Gasteiger partial charge in [-0.3, -0.25) is 4.99 Å². The second kappa shape index (κ2) is 8.16. The lowest BCUT2D eigenvalue weighted by molar-refractivity contribution is 0.0346. The maximum Gasteiger partial charge on any atom is 0.132 e. The van der Waals surface area contributed by atoms with Crippen molar-refractivity contribution in [2.24, 2.45) is 10.9 Å². The maximum atomic E-state index is 11.1. The van der Waals surface area contributed by atoms with E-state index in [1.54, 1.807) is 0 Å². The SMILES string of the molecule is CCCCCCCc1cc(O)c2c(c1C1CCC=N1)OC(C)(C)C1C=C(C)CC21. The summed E-state index contributed by atoms with van der Waals surface area (Å²) < 4.78 is 6.71. The van der Waals surface area contributed by atoms with Gasteiger partial charge in [0.2, 0.25) is 0 Å². The lowest BCUT2D eigenvalue weighted by atomic mass is 9.74. The number of ether oxygens (including phenoxy) is 1. The van der Waals surface area contributed by atoms with E-state index in [-0.39, 0.29) is 11.6 Å². The molecule has 0 fully saturated rings. The molecule has 2 aliphatic heterocycles. The monoisotopic (exact) mass is 395 g/mol. The Morgan fingerprint density at radius 3 is 2.69 bits per heavy atom. The number of aliphatic imine (C=N–C) groups is 1. The van der Waals surface area contributed by atoms with Gasteiger partial charge in [0, 0.05) is 23.0 Å². The van der Waals surface area contributed by atoms with Gasteiger partial charge in [0.05, 0.1) is 6.04 Å². The first-order valence-corrected chi connectivity index (χ1v) is 11.7. The lowest BCUT2D eigenvalue weighted by Crippen LogP contribution is -2.42. The summed E-state index contributed by atoms with van der Waals surface area (Å²) in [5.41, 5.74) is 4.69. The van der Waals surface area contributed by atoms with Crippen LogP contribution in [0.2, 0.25) is 0 Å². The zero-order valence-electron chi connectivity index (χ0n) is 18.6. The second-order valence-electron chi connectivity index (χ2n) is 9.86. The molecule has 1 N–H and O–H groups in total. The second-order valence-corrected chi connectivity index (χ2v) is 9.86. The van der Waals surface area contributed by atoms with Crippen LogP contribution >= 0.6 is 0 Å². The number of hydrogen-bond acceptors (Lipinski definition) is 3. The molecule has 0 bridgehead atoms. The largest absolute Gasteiger partial charge is 0.508 e. The van der Waals surface area contributed by atoms with Crippen molar-refractivity contribution in [1.82, 2.24) is 0 Å². The third kappa shape index (κ3) is 3.85. The number of allylic oxidation sites excluding steroid dienone is 1. The Morgan fingerprint density at radius 1 is 1.17 bits per heavy atom. The van der Waals surface area contributed by atoms with Crippen LogP contribution < -0.4 is 4.74 Å². The lowest BCUT2D eigenvalue weighted by Gasteiger charge is -2.43. The summed E-state index contributed by atoms with van der Waals surface area (Å²) in [5, 5.41) is 11.1. The van der Waals surface area contributed by atoms with E-state index in [4.69, 9.17) is 9.73 Å². The van der Waals surface area contributed by atoms with Gasteiger partial charge in [-0.1, -0.05) is 44.3 Å². The van der Waals surface area contributed by atoms with Gasteiger partial charge in [0.25, 0.3) is 0 Å². The smallest absolute Gasteiger partial charge is 0.132 e. The quantitative estimate of drug-likeness (QED) is 0.398. The van der Waals surface area contributed by atoms with Crippen LogP contribution in [-0.2, 0) is 6.42 Å². The minimum absolute atomic E-state index is 0.179. The van der Waals surface area contributed by atoms with Gasteiger partial charge < -0.3 is 9.84 Å². The Kier molecular flexibility index (Phi) is 5.77. The first-order chi connectivity index (χ1) is 13.9. The standard InChI is InChI=1S/C26H37NO2/c1-5-6-7-8-9-11-18-16-22(28)24-19-14-17(2)15-20(19)26(3,4)29-25(24)23(18)21-12-10-13-27-21/h13,15-16,19-21,28H,5-12,14H2,1-4H3. The molecule has 3 aliphatic rings. The van der Waals surface area contributed by atoms with E-state index in [9.17, 15) is 5.11 Å². The van der Waals surface area contributed by atoms with Crippen LogP contribution in [0, 0.1) is 5.92 Å². The summed E-state index contributed by atoms with van der Waals surface area (Å²) in [6, 6.07) is 2.23. The number of aryl methyl sites for hydroxylation is 1.